The van der Waals surface area contributed by atoms with Gasteiger partial charge in [-0.3, -0.25) is 9.52 Å². The van der Waals surface area contributed by atoms with E-state index >= 15 is 0 Å². The molecule has 0 spiro atoms. The van der Waals surface area contributed by atoms with Gasteiger partial charge < -0.3 is 10.1 Å². The zero-order chi connectivity index (χ0) is 23.4. The van der Waals surface area contributed by atoms with E-state index in [1.807, 2.05) is 0 Å². The number of alkyl halides is 3. The molecule has 0 saturated heterocycles. The van der Waals surface area contributed by atoms with E-state index in [1.165, 1.54) is 24.3 Å². The third kappa shape index (κ3) is 6.20. The van der Waals surface area contributed by atoms with Crippen LogP contribution in [-0.2, 0) is 10.0 Å². The minimum absolute atomic E-state index is 0.0800. The summed E-state index contributed by atoms with van der Waals surface area (Å²) in [5, 5.41) is 2.59. The van der Waals surface area contributed by atoms with Gasteiger partial charge in [-0.1, -0.05) is 24.3 Å². The molecule has 32 heavy (non-hydrogen) atoms. The largest absolute Gasteiger partial charge is 0.468 e. The van der Waals surface area contributed by atoms with Crippen LogP contribution in [0.4, 0.5) is 24.5 Å². The smallest absolute Gasteiger partial charge is 0.422 e. The van der Waals surface area contributed by atoms with Crippen LogP contribution in [0.2, 0.25) is 0 Å². The summed E-state index contributed by atoms with van der Waals surface area (Å²) < 4.78 is 68.7. The molecular formula is C21H18F3N3O4S. The van der Waals surface area contributed by atoms with Crippen molar-refractivity contribution in [3.63, 3.8) is 0 Å². The fourth-order valence-corrected chi connectivity index (χ4v) is 3.71. The summed E-state index contributed by atoms with van der Waals surface area (Å²) in [6, 6.07) is 14.9. The Balaban J connectivity index is 1.71. The fraction of sp³-hybridized carbons (Fsp3) is 0.143. The van der Waals surface area contributed by atoms with E-state index in [9.17, 15) is 26.4 Å². The maximum Gasteiger partial charge on any atom is 0.422 e. The number of pyridine rings is 1. The van der Waals surface area contributed by atoms with E-state index in [0.717, 1.165) is 12.3 Å². The Kier molecular flexibility index (Phi) is 6.68. The number of benzene rings is 2. The molecule has 2 aromatic carbocycles. The number of carbonyl (C=O) groups excluding carboxylic acids is 1. The predicted molar refractivity (Wildman–Crippen MR) is 112 cm³/mol. The van der Waals surface area contributed by atoms with Crippen LogP contribution in [-0.4, -0.2) is 32.1 Å². The molecule has 0 aliphatic rings. The highest BCUT2D eigenvalue weighted by Crippen LogP contribution is 2.24. The number of nitrogens with one attached hydrogen (secondary N) is 2. The zero-order valence-electron chi connectivity index (χ0n) is 16.7. The number of ether oxygens (including phenoxy) is 1. The number of hydrogen-bond donors (Lipinski definition) is 2. The van der Waals surface area contributed by atoms with Crippen molar-refractivity contribution in [2.75, 3.05) is 16.6 Å². The quantitative estimate of drug-likeness (QED) is 0.540. The highest BCUT2D eigenvalue weighted by Gasteiger charge is 2.28. The molecule has 11 heteroatoms. The molecule has 1 aromatic heterocycles. The van der Waals surface area contributed by atoms with Crippen LogP contribution in [0.3, 0.4) is 0 Å². The average molecular weight is 465 g/mol. The Hall–Kier alpha value is -3.60. The lowest BCUT2D eigenvalue weighted by atomic mass is 10.2. The first-order chi connectivity index (χ1) is 15.0. The van der Waals surface area contributed by atoms with Gasteiger partial charge >= 0.3 is 6.18 Å². The van der Waals surface area contributed by atoms with E-state index < -0.39 is 28.7 Å². The van der Waals surface area contributed by atoms with Gasteiger partial charge in [0.1, 0.15) is 0 Å². The van der Waals surface area contributed by atoms with Gasteiger partial charge in [0.05, 0.1) is 16.1 Å². The van der Waals surface area contributed by atoms with Crippen molar-refractivity contribution in [2.45, 2.75) is 18.0 Å². The summed E-state index contributed by atoms with van der Waals surface area (Å²) in [6.07, 6.45) is -3.42. The van der Waals surface area contributed by atoms with Crippen LogP contribution in [0.15, 0.2) is 71.8 Å². The van der Waals surface area contributed by atoms with E-state index in [1.54, 1.807) is 37.3 Å². The minimum atomic E-state index is -4.50. The van der Waals surface area contributed by atoms with Gasteiger partial charge in [-0.2, -0.15) is 13.2 Å². The summed E-state index contributed by atoms with van der Waals surface area (Å²) in [7, 11) is -3.82. The average Bonchev–Trinajstić information content (AvgIpc) is 2.75. The summed E-state index contributed by atoms with van der Waals surface area (Å²) in [6.45, 7) is 0.217. The molecule has 0 atom stereocenters. The summed E-state index contributed by atoms with van der Waals surface area (Å²) >= 11 is 0. The summed E-state index contributed by atoms with van der Waals surface area (Å²) in [4.78, 5) is 16.2. The second-order valence-electron chi connectivity index (χ2n) is 6.69. The summed E-state index contributed by atoms with van der Waals surface area (Å²) in [5.41, 5.74) is 1.30. The Labute approximate surface area is 182 Å². The van der Waals surface area contributed by atoms with Gasteiger partial charge in [-0.05, 0) is 42.8 Å². The van der Waals surface area contributed by atoms with Crippen LogP contribution in [0, 0.1) is 6.92 Å². The van der Waals surface area contributed by atoms with Gasteiger partial charge in [0, 0.05) is 18.0 Å². The zero-order valence-corrected chi connectivity index (χ0v) is 17.5. The number of hydrogen-bond acceptors (Lipinski definition) is 5. The molecule has 0 aliphatic carbocycles. The molecule has 7 nitrogen and oxygen atoms in total. The van der Waals surface area contributed by atoms with Crippen molar-refractivity contribution >= 4 is 27.3 Å². The van der Waals surface area contributed by atoms with Crippen LogP contribution in [0.1, 0.15) is 15.9 Å². The second-order valence-corrected chi connectivity index (χ2v) is 8.37. The van der Waals surface area contributed by atoms with Gasteiger partial charge in [0.15, 0.2) is 6.61 Å². The van der Waals surface area contributed by atoms with Gasteiger partial charge in [0.25, 0.3) is 15.9 Å². The Bertz CT molecular complexity index is 1200. The second kappa shape index (κ2) is 9.27. The fourth-order valence-electron chi connectivity index (χ4n) is 2.57. The molecule has 0 fully saturated rings. The van der Waals surface area contributed by atoms with E-state index in [0.29, 0.717) is 11.3 Å². The minimum Gasteiger partial charge on any atom is -0.468 e. The van der Waals surface area contributed by atoms with E-state index in [2.05, 4.69) is 19.8 Å². The van der Waals surface area contributed by atoms with Crippen molar-refractivity contribution in [3.8, 4) is 5.88 Å². The van der Waals surface area contributed by atoms with Crippen LogP contribution in [0.25, 0.3) is 0 Å². The number of carbonyl (C=O) groups is 1. The normalized spacial score (nSPS) is 11.6. The van der Waals surface area contributed by atoms with Crippen molar-refractivity contribution < 1.29 is 31.1 Å². The molecule has 0 radical (unpaired) electrons. The SMILES string of the molecule is Cc1ccc(NC(=O)c2ccc(OCC(F)(F)F)nc2)cc1NS(=O)(=O)c1ccccc1. The van der Waals surface area contributed by atoms with E-state index in [-0.39, 0.29) is 22.0 Å². The molecular weight excluding hydrogens is 447 g/mol. The first-order valence-corrected chi connectivity index (χ1v) is 10.7. The third-order valence-electron chi connectivity index (χ3n) is 4.18. The number of anilines is 2. The van der Waals surface area contributed by atoms with Crippen molar-refractivity contribution in [1.82, 2.24) is 4.98 Å². The molecule has 168 valence electrons. The van der Waals surface area contributed by atoms with Gasteiger partial charge in [-0.25, -0.2) is 13.4 Å². The van der Waals surface area contributed by atoms with Gasteiger partial charge in [0.2, 0.25) is 5.88 Å². The number of aromatic nitrogens is 1. The number of aryl methyl sites for hydroxylation is 1. The van der Waals surface area contributed by atoms with Gasteiger partial charge in [-0.15, -0.1) is 0 Å². The maximum absolute atomic E-state index is 12.6. The van der Waals surface area contributed by atoms with Crippen molar-refractivity contribution in [3.05, 3.63) is 78.0 Å². The Morgan fingerprint density at radius 2 is 1.78 bits per heavy atom. The topological polar surface area (TPSA) is 97.4 Å². The van der Waals surface area contributed by atoms with Crippen molar-refractivity contribution in [2.24, 2.45) is 0 Å². The van der Waals surface area contributed by atoms with Crippen LogP contribution >= 0.6 is 0 Å². The molecule has 0 unspecified atom stereocenters. The van der Waals surface area contributed by atoms with Crippen LogP contribution < -0.4 is 14.8 Å². The Morgan fingerprint density at radius 1 is 1.06 bits per heavy atom. The molecule has 0 aliphatic heterocycles. The highest BCUT2D eigenvalue weighted by molar-refractivity contribution is 7.92. The number of rotatable bonds is 7. The lowest BCUT2D eigenvalue weighted by molar-refractivity contribution is -0.154. The molecule has 1 amide bonds. The first-order valence-electron chi connectivity index (χ1n) is 9.19. The molecule has 3 rings (SSSR count). The molecule has 3 aromatic rings. The maximum atomic E-state index is 12.6. The molecule has 0 bridgehead atoms. The number of sulfonamides is 1. The summed E-state index contributed by atoms with van der Waals surface area (Å²) in [5.74, 6) is -0.854. The Morgan fingerprint density at radius 3 is 2.41 bits per heavy atom. The highest BCUT2D eigenvalue weighted by atomic mass is 32.2. The molecule has 0 saturated carbocycles. The molecule has 1 heterocycles. The first kappa shape index (κ1) is 23.1. The predicted octanol–water partition coefficient (Wildman–Crippen LogP) is 4.38. The lowest BCUT2D eigenvalue weighted by Crippen LogP contribution is -2.19. The monoisotopic (exact) mass is 465 g/mol. The van der Waals surface area contributed by atoms with Crippen LogP contribution in [0.5, 0.6) is 5.88 Å². The van der Waals surface area contributed by atoms with Crippen molar-refractivity contribution in [1.29, 1.82) is 0 Å². The van der Waals surface area contributed by atoms with E-state index in [4.69, 9.17) is 0 Å². The lowest BCUT2D eigenvalue weighted by Gasteiger charge is -2.13. The molecule has 2 N–H and O–H groups in total. The number of halogens is 3. The standard InChI is InChI=1S/C21H18F3N3O4S/c1-14-7-9-16(11-18(14)27-32(29,30)17-5-3-2-4-6-17)26-20(28)15-8-10-19(25-12-15)31-13-21(22,23)24/h2-12,27H,13H2,1H3,(H,26,28). The number of nitrogens with zero attached hydrogens (tertiary/aromatic N) is 1. The number of amides is 1. The third-order valence-corrected chi connectivity index (χ3v) is 5.56.